The molecule has 1 rings (SSSR count). The Bertz CT molecular complexity index is 313. The molecule has 0 spiro atoms. The van der Waals surface area contributed by atoms with Crippen LogP contribution in [0.15, 0.2) is 0 Å². The summed E-state index contributed by atoms with van der Waals surface area (Å²) in [6.45, 7) is 5.55. The molecule has 0 bridgehead atoms. The first-order chi connectivity index (χ1) is 8.59. The van der Waals surface area contributed by atoms with E-state index in [1.54, 1.807) is 20.8 Å². The van der Waals surface area contributed by atoms with Crippen LogP contribution in [0, 0.1) is 5.92 Å². The molecule has 1 saturated heterocycles. The van der Waals surface area contributed by atoms with E-state index >= 15 is 0 Å². The number of alkyl halides is 3. The molecule has 1 amide bonds. The first-order valence-electron chi connectivity index (χ1n) is 6.36. The first kappa shape index (κ1) is 16.1. The van der Waals surface area contributed by atoms with Crippen molar-refractivity contribution in [1.82, 2.24) is 10.6 Å². The largest absolute Gasteiger partial charge is 0.444 e. The summed E-state index contributed by atoms with van der Waals surface area (Å²) in [5, 5.41) is 5.19. The highest BCUT2D eigenvalue weighted by molar-refractivity contribution is 5.67. The van der Waals surface area contributed by atoms with Crippen molar-refractivity contribution in [3.8, 4) is 0 Å². The van der Waals surface area contributed by atoms with Crippen molar-refractivity contribution in [2.24, 2.45) is 5.92 Å². The molecule has 7 heteroatoms. The molecule has 112 valence electrons. The van der Waals surface area contributed by atoms with Crippen molar-refractivity contribution in [1.29, 1.82) is 0 Å². The summed E-state index contributed by atoms with van der Waals surface area (Å²) in [6, 6.07) is -0.790. The Morgan fingerprint density at radius 1 is 1.37 bits per heavy atom. The minimum Gasteiger partial charge on any atom is -0.444 e. The van der Waals surface area contributed by atoms with Crippen molar-refractivity contribution >= 4 is 6.09 Å². The normalized spacial score (nSPS) is 24.9. The van der Waals surface area contributed by atoms with Crippen molar-refractivity contribution in [3.63, 3.8) is 0 Å². The molecule has 19 heavy (non-hydrogen) atoms. The van der Waals surface area contributed by atoms with E-state index in [0.717, 1.165) is 0 Å². The smallest absolute Gasteiger partial charge is 0.407 e. The molecule has 0 aliphatic carbocycles. The molecule has 4 nitrogen and oxygen atoms in total. The van der Waals surface area contributed by atoms with Crippen LogP contribution in [-0.2, 0) is 4.74 Å². The van der Waals surface area contributed by atoms with Crippen LogP contribution in [0.2, 0.25) is 0 Å². The van der Waals surface area contributed by atoms with E-state index < -0.39 is 29.8 Å². The summed E-state index contributed by atoms with van der Waals surface area (Å²) in [6.07, 6.45) is -4.35. The second kappa shape index (κ2) is 5.98. The second-order valence-electron chi connectivity index (χ2n) is 5.73. The average molecular weight is 282 g/mol. The molecule has 1 heterocycles. The van der Waals surface area contributed by atoms with E-state index in [4.69, 9.17) is 4.74 Å². The monoisotopic (exact) mass is 282 g/mol. The van der Waals surface area contributed by atoms with Crippen LogP contribution in [0.25, 0.3) is 0 Å². The Morgan fingerprint density at radius 3 is 2.53 bits per heavy atom. The highest BCUT2D eigenvalue weighted by Crippen LogP contribution is 2.34. The van der Waals surface area contributed by atoms with Crippen LogP contribution < -0.4 is 10.6 Å². The minimum absolute atomic E-state index is 0.0842. The summed E-state index contributed by atoms with van der Waals surface area (Å²) in [5.74, 6) is -1.42. The van der Waals surface area contributed by atoms with E-state index in [9.17, 15) is 18.0 Å². The maximum absolute atomic E-state index is 12.8. The molecule has 2 atom stereocenters. The number of hydrogen-bond donors (Lipinski definition) is 2. The van der Waals surface area contributed by atoms with Crippen molar-refractivity contribution < 1.29 is 22.7 Å². The number of ether oxygens (including phenoxy) is 1. The summed E-state index contributed by atoms with van der Waals surface area (Å²) >= 11 is 0. The van der Waals surface area contributed by atoms with Crippen LogP contribution >= 0.6 is 0 Å². The lowest BCUT2D eigenvalue weighted by Gasteiger charge is -2.34. The van der Waals surface area contributed by atoms with Gasteiger partial charge in [-0.25, -0.2) is 4.79 Å². The number of amides is 1. The van der Waals surface area contributed by atoms with Gasteiger partial charge in [0.15, 0.2) is 0 Å². The van der Waals surface area contributed by atoms with Gasteiger partial charge in [0.2, 0.25) is 0 Å². The van der Waals surface area contributed by atoms with Crippen molar-refractivity contribution in [3.05, 3.63) is 0 Å². The van der Waals surface area contributed by atoms with E-state index in [0.29, 0.717) is 13.0 Å². The Kier molecular flexibility index (Phi) is 5.06. The third-order valence-electron chi connectivity index (χ3n) is 2.87. The van der Waals surface area contributed by atoms with Gasteiger partial charge in [-0.15, -0.1) is 0 Å². The number of rotatable bonds is 2. The van der Waals surface area contributed by atoms with Gasteiger partial charge < -0.3 is 15.4 Å². The number of hydrogen-bond acceptors (Lipinski definition) is 3. The summed E-state index contributed by atoms with van der Waals surface area (Å²) in [5.41, 5.74) is -0.659. The quantitative estimate of drug-likeness (QED) is 0.818. The van der Waals surface area contributed by atoms with Gasteiger partial charge in [-0.05, 0) is 40.2 Å². The average Bonchev–Trinajstić information content (AvgIpc) is 2.23. The Morgan fingerprint density at radius 2 is 2.00 bits per heavy atom. The predicted octanol–water partition coefficient (Wildman–Crippen LogP) is 2.44. The Balaban J connectivity index is 2.48. The number of alkyl carbamates (subject to hydrolysis) is 1. The zero-order valence-electron chi connectivity index (χ0n) is 11.4. The van der Waals surface area contributed by atoms with Crippen LogP contribution in [-0.4, -0.2) is 37.0 Å². The van der Waals surface area contributed by atoms with Gasteiger partial charge in [0.05, 0.1) is 5.92 Å². The summed E-state index contributed by atoms with van der Waals surface area (Å²) in [4.78, 5) is 11.4. The number of carbonyl (C=O) groups is 1. The topological polar surface area (TPSA) is 50.4 Å². The molecule has 0 aromatic carbocycles. The van der Waals surface area contributed by atoms with Crippen LogP contribution in [0.3, 0.4) is 0 Å². The fourth-order valence-electron chi connectivity index (χ4n) is 2.07. The fourth-order valence-corrected chi connectivity index (χ4v) is 2.07. The van der Waals surface area contributed by atoms with Gasteiger partial charge in [0, 0.05) is 12.6 Å². The van der Waals surface area contributed by atoms with Gasteiger partial charge in [-0.3, -0.25) is 0 Å². The Labute approximate surface area is 111 Å². The highest BCUT2D eigenvalue weighted by Gasteiger charge is 2.45. The van der Waals surface area contributed by atoms with Crippen LogP contribution in [0.1, 0.15) is 33.6 Å². The van der Waals surface area contributed by atoms with Crippen molar-refractivity contribution in [2.45, 2.75) is 51.4 Å². The molecule has 0 unspecified atom stereocenters. The molecule has 0 aromatic heterocycles. The molecular formula is C12H21F3N2O2. The molecule has 0 radical (unpaired) electrons. The number of halogens is 3. The van der Waals surface area contributed by atoms with Crippen LogP contribution in [0.5, 0.6) is 0 Å². The Hall–Kier alpha value is -0.980. The van der Waals surface area contributed by atoms with Crippen molar-refractivity contribution in [2.75, 3.05) is 13.1 Å². The van der Waals surface area contributed by atoms with Gasteiger partial charge in [0.1, 0.15) is 5.60 Å². The molecule has 0 aromatic rings. The highest BCUT2D eigenvalue weighted by atomic mass is 19.4. The zero-order chi connectivity index (χ0) is 14.7. The number of nitrogens with one attached hydrogen (secondary N) is 2. The summed E-state index contributed by atoms with van der Waals surface area (Å²) in [7, 11) is 0. The third kappa shape index (κ3) is 5.67. The van der Waals surface area contributed by atoms with E-state index in [1.807, 2.05) is 0 Å². The lowest BCUT2D eigenvalue weighted by atomic mass is 9.90. The van der Waals surface area contributed by atoms with Gasteiger partial charge in [-0.2, -0.15) is 13.2 Å². The van der Waals surface area contributed by atoms with E-state index in [1.165, 1.54) is 0 Å². The first-order valence-corrected chi connectivity index (χ1v) is 6.36. The summed E-state index contributed by atoms with van der Waals surface area (Å²) < 4.78 is 43.4. The van der Waals surface area contributed by atoms with Crippen LogP contribution in [0.4, 0.5) is 18.0 Å². The number of carbonyl (C=O) groups excluding carboxylic acids is 1. The third-order valence-corrected chi connectivity index (χ3v) is 2.87. The molecule has 1 fully saturated rings. The standard InChI is InChI=1S/C12H21F3N2O2/c1-11(2,3)19-10(18)17-7-9-8(12(13,14)15)5-4-6-16-9/h8-9,16H,4-7H2,1-3H3,(H,17,18)/t8-,9-/m1/s1. The number of piperidine rings is 1. The minimum atomic E-state index is -4.24. The molecule has 2 N–H and O–H groups in total. The molecule has 0 saturated carbocycles. The fraction of sp³-hybridized carbons (Fsp3) is 0.917. The van der Waals surface area contributed by atoms with E-state index in [-0.39, 0.29) is 13.0 Å². The lowest BCUT2D eigenvalue weighted by molar-refractivity contribution is -0.187. The maximum Gasteiger partial charge on any atom is 0.407 e. The molecular weight excluding hydrogens is 261 g/mol. The van der Waals surface area contributed by atoms with E-state index in [2.05, 4.69) is 10.6 Å². The SMILES string of the molecule is CC(C)(C)OC(=O)NC[C@H]1NCCC[C@H]1C(F)(F)F. The molecule has 1 aliphatic rings. The van der Waals surface area contributed by atoms with Gasteiger partial charge >= 0.3 is 12.3 Å². The lowest BCUT2D eigenvalue weighted by Crippen LogP contribution is -2.53. The predicted molar refractivity (Wildman–Crippen MR) is 64.8 cm³/mol. The van der Waals surface area contributed by atoms with Gasteiger partial charge in [-0.1, -0.05) is 0 Å². The molecule has 1 aliphatic heterocycles. The maximum atomic E-state index is 12.8. The van der Waals surface area contributed by atoms with Gasteiger partial charge in [0.25, 0.3) is 0 Å². The zero-order valence-corrected chi connectivity index (χ0v) is 11.4. The second-order valence-corrected chi connectivity index (χ2v) is 5.73.